The summed E-state index contributed by atoms with van der Waals surface area (Å²) in [5.74, 6) is 2.63. The fourth-order valence-corrected chi connectivity index (χ4v) is 3.18. The highest BCUT2D eigenvalue weighted by atomic mass is 35.5. The van der Waals surface area contributed by atoms with Gasteiger partial charge in [-0.15, -0.1) is 10.2 Å². The number of methoxy groups -OCH3 is 1. The number of benzene rings is 1. The molecule has 0 saturated heterocycles. The zero-order valence-corrected chi connectivity index (χ0v) is 16.6. The van der Waals surface area contributed by atoms with Gasteiger partial charge in [0.2, 0.25) is 5.95 Å². The number of aromatic nitrogens is 6. The molecule has 28 heavy (non-hydrogen) atoms. The predicted molar refractivity (Wildman–Crippen MR) is 108 cm³/mol. The maximum atomic E-state index is 6.23. The van der Waals surface area contributed by atoms with Gasteiger partial charge >= 0.3 is 0 Å². The highest BCUT2D eigenvalue weighted by Gasteiger charge is 2.13. The summed E-state index contributed by atoms with van der Waals surface area (Å²) in [7, 11) is 3.53. The molecule has 0 atom stereocenters. The first-order valence-electron chi connectivity index (χ1n) is 8.57. The van der Waals surface area contributed by atoms with Crippen LogP contribution in [0.3, 0.4) is 0 Å². The Labute approximate surface area is 166 Å². The van der Waals surface area contributed by atoms with Crippen molar-refractivity contribution in [2.45, 2.75) is 13.8 Å². The molecule has 1 aromatic carbocycles. The lowest BCUT2D eigenvalue weighted by Gasteiger charge is -2.12. The average molecular weight is 396 g/mol. The van der Waals surface area contributed by atoms with Crippen molar-refractivity contribution in [1.82, 2.24) is 29.7 Å². The van der Waals surface area contributed by atoms with Crippen LogP contribution in [0.1, 0.15) is 11.5 Å². The van der Waals surface area contributed by atoms with Crippen LogP contribution in [0.2, 0.25) is 5.15 Å². The third-order valence-electron chi connectivity index (χ3n) is 4.45. The first-order valence-corrected chi connectivity index (χ1v) is 8.95. The number of rotatable bonds is 4. The predicted octanol–water partition coefficient (Wildman–Crippen LogP) is 3.84. The number of halogens is 1. The Morgan fingerprint density at radius 2 is 1.93 bits per heavy atom. The average Bonchev–Trinajstić information content (AvgIpc) is 3.01. The Balaban J connectivity index is 1.70. The largest absolute Gasteiger partial charge is 0.495 e. The fraction of sp³-hybridized carbons (Fsp3) is 0.211. The topological polar surface area (TPSA) is 90.6 Å². The summed E-state index contributed by atoms with van der Waals surface area (Å²) in [4.78, 5) is 13.1. The quantitative estimate of drug-likeness (QED) is 0.525. The maximum Gasteiger partial charge on any atom is 0.227 e. The summed E-state index contributed by atoms with van der Waals surface area (Å²) in [6, 6.07) is 7.61. The number of nitrogens with zero attached hydrogens (tertiary/aromatic N) is 6. The van der Waals surface area contributed by atoms with Crippen molar-refractivity contribution >= 4 is 34.1 Å². The second-order valence-electron chi connectivity index (χ2n) is 6.36. The summed E-state index contributed by atoms with van der Waals surface area (Å²) in [6.45, 7) is 3.78. The molecular formula is C19H18ClN7O. The van der Waals surface area contributed by atoms with Gasteiger partial charge in [-0.25, -0.2) is 15.0 Å². The molecule has 0 fully saturated rings. The summed E-state index contributed by atoms with van der Waals surface area (Å²) in [5.41, 5.74) is 3.03. The van der Waals surface area contributed by atoms with Crippen molar-refractivity contribution in [1.29, 1.82) is 0 Å². The number of ether oxygens (including phenoxy) is 1. The van der Waals surface area contributed by atoms with E-state index in [0.29, 0.717) is 22.4 Å². The molecule has 4 rings (SSSR count). The zero-order chi connectivity index (χ0) is 19.8. The molecule has 142 valence electrons. The van der Waals surface area contributed by atoms with Crippen molar-refractivity contribution in [2.75, 3.05) is 12.4 Å². The Kier molecular flexibility index (Phi) is 4.56. The molecule has 0 saturated carbocycles. The van der Waals surface area contributed by atoms with E-state index in [1.807, 2.05) is 49.7 Å². The van der Waals surface area contributed by atoms with Crippen LogP contribution in [0, 0.1) is 13.8 Å². The van der Waals surface area contributed by atoms with E-state index in [-0.39, 0.29) is 0 Å². The third-order valence-corrected chi connectivity index (χ3v) is 4.71. The van der Waals surface area contributed by atoms with Gasteiger partial charge in [-0.3, -0.25) is 0 Å². The van der Waals surface area contributed by atoms with E-state index in [2.05, 4.69) is 30.5 Å². The van der Waals surface area contributed by atoms with Gasteiger partial charge in [0, 0.05) is 29.9 Å². The van der Waals surface area contributed by atoms with Crippen LogP contribution in [-0.4, -0.2) is 36.8 Å². The Hall–Kier alpha value is -3.26. The molecule has 3 aromatic heterocycles. The number of aryl methyl sites for hydroxylation is 2. The lowest BCUT2D eigenvalue weighted by Crippen LogP contribution is -2.01. The van der Waals surface area contributed by atoms with Gasteiger partial charge in [0.15, 0.2) is 11.0 Å². The minimum Gasteiger partial charge on any atom is -0.495 e. The molecule has 4 aromatic rings. The van der Waals surface area contributed by atoms with Crippen molar-refractivity contribution in [3.63, 3.8) is 0 Å². The normalized spacial score (nSPS) is 11.0. The van der Waals surface area contributed by atoms with Crippen molar-refractivity contribution < 1.29 is 4.74 Å². The molecule has 0 bridgehead atoms. The van der Waals surface area contributed by atoms with Crippen molar-refractivity contribution in [3.05, 3.63) is 47.1 Å². The van der Waals surface area contributed by atoms with Crippen molar-refractivity contribution in [2.24, 2.45) is 7.05 Å². The number of pyridine rings is 1. The van der Waals surface area contributed by atoms with Gasteiger partial charge in [-0.05, 0) is 38.1 Å². The van der Waals surface area contributed by atoms with Crippen molar-refractivity contribution in [3.8, 4) is 17.1 Å². The summed E-state index contributed by atoms with van der Waals surface area (Å²) >= 11 is 6.23. The molecule has 0 aliphatic rings. The minimum absolute atomic E-state index is 0.348. The Morgan fingerprint density at radius 1 is 1.11 bits per heavy atom. The number of hydrogen-bond donors (Lipinski definition) is 1. The van der Waals surface area contributed by atoms with E-state index in [1.54, 1.807) is 13.3 Å². The second-order valence-corrected chi connectivity index (χ2v) is 6.71. The summed E-state index contributed by atoms with van der Waals surface area (Å²) < 4.78 is 7.46. The zero-order valence-electron chi connectivity index (χ0n) is 15.9. The van der Waals surface area contributed by atoms with Gasteiger partial charge in [-0.2, -0.15) is 0 Å². The van der Waals surface area contributed by atoms with Crippen LogP contribution in [0.15, 0.2) is 30.5 Å². The van der Waals surface area contributed by atoms with Crippen LogP contribution in [0.4, 0.5) is 11.6 Å². The number of hydrogen-bond acceptors (Lipinski definition) is 7. The molecule has 1 N–H and O–H groups in total. The van der Waals surface area contributed by atoms with Crippen LogP contribution < -0.4 is 10.1 Å². The highest BCUT2D eigenvalue weighted by molar-refractivity contribution is 6.33. The lowest BCUT2D eigenvalue weighted by atomic mass is 10.1. The van der Waals surface area contributed by atoms with E-state index >= 15 is 0 Å². The van der Waals surface area contributed by atoms with Gasteiger partial charge < -0.3 is 14.6 Å². The molecule has 0 radical (unpaired) electrons. The lowest BCUT2D eigenvalue weighted by molar-refractivity contribution is 0.417. The van der Waals surface area contributed by atoms with E-state index in [4.69, 9.17) is 16.3 Å². The minimum atomic E-state index is 0.348. The van der Waals surface area contributed by atoms with E-state index in [0.717, 1.165) is 34.0 Å². The van der Waals surface area contributed by atoms with Crippen LogP contribution in [-0.2, 0) is 7.05 Å². The monoisotopic (exact) mass is 395 g/mol. The second kappa shape index (κ2) is 7.05. The van der Waals surface area contributed by atoms with E-state index in [1.165, 1.54) is 0 Å². The number of fused-ring (bicyclic) bond motifs is 1. The molecule has 0 amide bonds. The molecular weight excluding hydrogens is 378 g/mol. The first-order chi connectivity index (χ1) is 13.5. The maximum absolute atomic E-state index is 6.23. The SMILES string of the molecule is COc1cc(-c2nnc(C)n2C)ccc1Nc1ncc2cc(C)nc(Cl)c2n1. The molecule has 9 heteroatoms. The number of nitrogens with one attached hydrogen (secondary N) is 1. The van der Waals surface area contributed by atoms with Gasteiger partial charge in [0.05, 0.1) is 12.8 Å². The van der Waals surface area contributed by atoms with Crippen LogP contribution in [0.5, 0.6) is 5.75 Å². The smallest absolute Gasteiger partial charge is 0.227 e. The Bertz CT molecular complexity index is 1190. The standard InChI is InChI=1S/C19H18ClN7O/c1-10-7-13-9-21-19(24-16(13)17(20)22-10)23-14-6-5-12(8-15(14)28-4)18-26-25-11(2)27(18)3/h5-9H,1-4H3,(H,21,23,24). The van der Waals surface area contributed by atoms with E-state index < -0.39 is 0 Å². The number of anilines is 2. The summed E-state index contributed by atoms with van der Waals surface area (Å²) in [5, 5.41) is 12.7. The van der Waals surface area contributed by atoms with Crippen LogP contribution >= 0.6 is 11.6 Å². The fourth-order valence-electron chi connectivity index (χ4n) is 2.90. The molecule has 0 aliphatic carbocycles. The van der Waals surface area contributed by atoms with Gasteiger partial charge in [-0.1, -0.05) is 11.6 Å². The summed E-state index contributed by atoms with van der Waals surface area (Å²) in [6.07, 6.45) is 1.72. The van der Waals surface area contributed by atoms with E-state index in [9.17, 15) is 0 Å². The molecule has 0 aliphatic heterocycles. The Morgan fingerprint density at radius 3 is 2.64 bits per heavy atom. The van der Waals surface area contributed by atoms with Crippen LogP contribution in [0.25, 0.3) is 22.3 Å². The molecule has 3 heterocycles. The van der Waals surface area contributed by atoms with Gasteiger partial charge in [0.1, 0.15) is 17.1 Å². The molecule has 8 nitrogen and oxygen atoms in total. The van der Waals surface area contributed by atoms with Gasteiger partial charge in [0.25, 0.3) is 0 Å². The highest BCUT2D eigenvalue weighted by Crippen LogP contribution is 2.32. The first kappa shape index (κ1) is 18.1. The third kappa shape index (κ3) is 3.22. The molecule has 0 spiro atoms. The molecule has 0 unspecified atom stereocenters.